The number of para-hydroxylation sites is 1. The summed E-state index contributed by atoms with van der Waals surface area (Å²) >= 11 is 0. The Morgan fingerprint density at radius 1 is 1.30 bits per heavy atom. The number of nitrogens with one attached hydrogen (secondary N) is 1. The second-order valence-electron chi connectivity index (χ2n) is 6.04. The number of carbonyl (C=O) groups excluding carboxylic acids is 2. The number of rotatable bonds is 4. The molecule has 0 aliphatic heterocycles. The summed E-state index contributed by atoms with van der Waals surface area (Å²) in [6.07, 6.45) is 5.42. The van der Waals surface area contributed by atoms with Crippen LogP contribution >= 0.6 is 0 Å². The highest BCUT2D eigenvalue weighted by atomic mass is 16.2. The monoisotopic (exact) mass is 312 g/mol. The van der Waals surface area contributed by atoms with Gasteiger partial charge in [0.1, 0.15) is 0 Å². The van der Waals surface area contributed by atoms with E-state index in [1.807, 2.05) is 31.2 Å². The van der Waals surface area contributed by atoms with Crippen molar-refractivity contribution in [1.29, 1.82) is 0 Å². The Morgan fingerprint density at radius 3 is 2.78 bits per heavy atom. The molecule has 3 rings (SSSR count). The van der Waals surface area contributed by atoms with Crippen molar-refractivity contribution in [1.82, 2.24) is 15.1 Å². The van der Waals surface area contributed by atoms with Gasteiger partial charge < -0.3 is 11.1 Å². The van der Waals surface area contributed by atoms with Crippen LogP contribution in [0.3, 0.4) is 0 Å². The van der Waals surface area contributed by atoms with Crippen molar-refractivity contribution < 1.29 is 9.59 Å². The maximum Gasteiger partial charge on any atom is 0.254 e. The average molecular weight is 312 g/mol. The molecule has 3 N–H and O–H groups in total. The Bertz CT molecular complexity index is 738. The van der Waals surface area contributed by atoms with Crippen molar-refractivity contribution >= 4 is 11.8 Å². The number of primary amides is 1. The van der Waals surface area contributed by atoms with Crippen LogP contribution in [-0.2, 0) is 4.79 Å². The van der Waals surface area contributed by atoms with Gasteiger partial charge in [0.2, 0.25) is 5.91 Å². The summed E-state index contributed by atoms with van der Waals surface area (Å²) in [5.74, 6) is -0.580. The summed E-state index contributed by atoms with van der Waals surface area (Å²) in [6, 6.07) is 7.86. The lowest BCUT2D eigenvalue weighted by Crippen LogP contribution is -2.33. The van der Waals surface area contributed by atoms with Crippen LogP contribution in [-0.4, -0.2) is 27.6 Å². The van der Waals surface area contributed by atoms with E-state index in [1.54, 1.807) is 17.1 Å². The van der Waals surface area contributed by atoms with E-state index in [4.69, 9.17) is 5.73 Å². The van der Waals surface area contributed by atoms with E-state index in [0.29, 0.717) is 12.0 Å². The van der Waals surface area contributed by atoms with Crippen LogP contribution in [0.4, 0.5) is 0 Å². The highest BCUT2D eigenvalue weighted by Crippen LogP contribution is 2.25. The van der Waals surface area contributed by atoms with Crippen LogP contribution < -0.4 is 11.1 Å². The summed E-state index contributed by atoms with van der Waals surface area (Å²) < 4.78 is 1.70. The minimum atomic E-state index is -0.283. The van der Waals surface area contributed by atoms with Crippen molar-refractivity contribution in [2.45, 2.75) is 32.2 Å². The molecule has 1 saturated carbocycles. The first-order valence-electron chi connectivity index (χ1n) is 7.75. The second kappa shape index (κ2) is 6.24. The third-order valence-electron chi connectivity index (χ3n) is 4.38. The molecular weight excluding hydrogens is 292 g/mol. The van der Waals surface area contributed by atoms with E-state index in [0.717, 1.165) is 24.1 Å². The Morgan fingerprint density at radius 2 is 2.09 bits per heavy atom. The van der Waals surface area contributed by atoms with Gasteiger partial charge in [0.25, 0.3) is 5.91 Å². The zero-order valence-electron chi connectivity index (χ0n) is 13.0. The molecule has 2 amide bonds. The summed E-state index contributed by atoms with van der Waals surface area (Å²) in [6.45, 7) is 2.00. The molecule has 1 aromatic carbocycles. The van der Waals surface area contributed by atoms with Crippen LogP contribution in [0.25, 0.3) is 5.69 Å². The molecular formula is C17H20N4O2. The fourth-order valence-electron chi connectivity index (χ4n) is 3.03. The van der Waals surface area contributed by atoms with Gasteiger partial charge in [0, 0.05) is 18.2 Å². The van der Waals surface area contributed by atoms with Crippen LogP contribution in [0.5, 0.6) is 0 Å². The Kier molecular flexibility index (Phi) is 4.14. The molecule has 1 aliphatic carbocycles. The molecule has 2 atom stereocenters. The smallest absolute Gasteiger partial charge is 0.254 e. The molecule has 2 aromatic rings. The van der Waals surface area contributed by atoms with Crippen molar-refractivity contribution in [3.05, 3.63) is 47.8 Å². The molecule has 0 bridgehead atoms. The summed E-state index contributed by atoms with van der Waals surface area (Å²) in [5.41, 5.74) is 7.86. The number of benzene rings is 1. The van der Waals surface area contributed by atoms with Crippen molar-refractivity contribution in [2.75, 3.05) is 0 Å². The number of nitrogens with zero attached hydrogens (tertiary/aromatic N) is 2. The van der Waals surface area contributed by atoms with Gasteiger partial charge in [-0.25, -0.2) is 4.68 Å². The van der Waals surface area contributed by atoms with E-state index in [9.17, 15) is 9.59 Å². The quantitative estimate of drug-likeness (QED) is 0.898. The summed E-state index contributed by atoms with van der Waals surface area (Å²) in [5, 5.41) is 7.23. The van der Waals surface area contributed by atoms with Crippen LogP contribution in [0.2, 0.25) is 0 Å². The molecule has 0 saturated heterocycles. The predicted molar refractivity (Wildman–Crippen MR) is 86.1 cm³/mol. The average Bonchev–Trinajstić information content (AvgIpc) is 3.16. The fourth-order valence-corrected chi connectivity index (χ4v) is 3.03. The van der Waals surface area contributed by atoms with Gasteiger partial charge in [-0.3, -0.25) is 9.59 Å². The number of nitrogens with two attached hydrogens (primary N) is 1. The highest BCUT2D eigenvalue weighted by molar-refractivity contribution is 5.94. The molecule has 120 valence electrons. The number of aromatic nitrogens is 2. The molecule has 1 aromatic heterocycles. The van der Waals surface area contributed by atoms with Crippen LogP contribution in [0, 0.1) is 12.8 Å². The number of aryl methyl sites for hydroxylation is 1. The largest absolute Gasteiger partial charge is 0.369 e. The summed E-state index contributed by atoms with van der Waals surface area (Å²) in [7, 11) is 0. The first kappa shape index (κ1) is 15.3. The first-order valence-corrected chi connectivity index (χ1v) is 7.75. The lowest BCUT2D eigenvalue weighted by molar-refractivity contribution is -0.121. The van der Waals surface area contributed by atoms with Gasteiger partial charge in [-0.2, -0.15) is 5.10 Å². The third kappa shape index (κ3) is 3.26. The molecule has 1 fully saturated rings. The van der Waals surface area contributed by atoms with E-state index in [-0.39, 0.29) is 23.8 Å². The maximum atomic E-state index is 12.3. The SMILES string of the molecule is Cc1ccccc1-n1cc(C(=O)N[C@@H]2CC[C@H](C(N)=O)C2)cn1. The third-order valence-corrected chi connectivity index (χ3v) is 4.38. The van der Waals surface area contributed by atoms with Gasteiger partial charge >= 0.3 is 0 Å². The Hall–Kier alpha value is -2.63. The van der Waals surface area contributed by atoms with E-state index in [1.165, 1.54) is 0 Å². The Balaban J connectivity index is 1.68. The molecule has 1 aliphatic rings. The molecule has 0 radical (unpaired) electrons. The lowest BCUT2D eigenvalue weighted by Gasteiger charge is -2.11. The number of hydrogen-bond donors (Lipinski definition) is 2. The van der Waals surface area contributed by atoms with Gasteiger partial charge in [-0.15, -0.1) is 0 Å². The minimum Gasteiger partial charge on any atom is -0.369 e. The molecule has 0 unspecified atom stereocenters. The second-order valence-corrected chi connectivity index (χ2v) is 6.04. The van der Waals surface area contributed by atoms with Gasteiger partial charge in [-0.1, -0.05) is 18.2 Å². The molecule has 6 nitrogen and oxygen atoms in total. The van der Waals surface area contributed by atoms with Crippen molar-refractivity contribution in [3.63, 3.8) is 0 Å². The van der Waals surface area contributed by atoms with Crippen molar-refractivity contribution in [3.8, 4) is 5.69 Å². The zero-order chi connectivity index (χ0) is 16.4. The first-order chi connectivity index (χ1) is 11.0. The van der Waals surface area contributed by atoms with E-state index in [2.05, 4.69) is 10.4 Å². The standard InChI is InChI=1S/C17H20N4O2/c1-11-4-2-3-5-15(11)21-10-13(9-19-21)17(23)20-14-7-6-12(8-14)16(18)22/h2-5,9-10,12,14H,6-8H2,1H3,(H2,18,22)(H,20,23)/t12-,14+/m0/s1. The summed E-state index contributed by atoms with van der Waals surface area (Å²) in [4.78, 5) is 23.5. The lowest BCUT2D eigenvalue weighted by atomic mass is 10.1. The predicted octanol–water partition coefficient (Wildman–Crippen LogP) is 1.56. The van der Waals surface area contributed by atoms with E-state index >= 15 is 0 Å². The van der Waals surface area contributed by atoms with Crippen LogP contribution in [0.15, 0.2) is 36.7 Å². The molecule has 23 heavy (non-hydrogen) atoms. The van der Waals surface area contributed by atoms with Gasteiger partial charge in [0.15, 0.2) is 0 Å². The maximum absolute atomic E-state index is 12.3. The minimum absolute atomic E-state index is 0.00168. The highest BCUT2D eigenvalue weighted by Gasteiger charge is 2.29. The number of hydrogen-bond acceptors (Lipinski definition) is 3. The molecule has 1 heterocycles. The molecule has 6 heteroatoms. The Labute approximate surface area is 134 Å². The zero-order valence-corrected chi connectivity index (χ0v) is 13.0. The number of amides is 2. The van der Waals surface area contributed by atoms with E-state index < -0.39 is 0 Å². The molecule has 0 spiro atoms. The van der Waals surface area contributed by atoms with Crippen molar-refractivity contribution in [2.24, 2.45) is 11.7 Å². The normalized spacial score (nSPS) is 20.4. The van der Waals surface area contributed by atoms with Crippen LogP contribution in [0.1, 0.15) is 35.2 Å². The number of carbonyl (C=O) groups is 2. The topological polar surface area (TPSA) is 90.0 Å². The fraction of sp³-hybridized carbons (Fsp3) is 0.353. The van der Waals surface area contributed by atoms with Gasteiger partial charge in [0.05, 0.1) is 17.4 Å². The van der Waals surface area contributed by atoms with Gasteiger partial charge in [-0.05, 0) is 37.8 Å².